The first kappa shape index (κ1) is 25.1. The molecule has 0 saturated carbocycles. The molecule has 2 aromatic rings. The third-order valence-electron chi connectivity index (χ3n) is 5.60. The Labute approximate surface area is 182 Å². The molecule has 0 atom stereocenters. The molecule has 33 heavy (non-hydrogen) atoms. The maximum absolute atomic E-state index is 13.8. The zero-order chi connectivity index (χ0) is 25.0. The van der Waals surface area contributed by atoms with Crippen LogP contribution in [0.2, 0.25) is 0 Å². The van der Waals surface area contributed by atoms with Gasteiger partial charge in [-0.1, -0.05) is 24.3 Å². The third-order valence-corrected chi connectivity index (χ3v) is 6.73. The quantitative estimate of drug-likeness (QED) is 0.427. The standard InChI is InChI=1S/C21H15F9O2S/c1-33(31,32)15-8-4-13(5-9-15)17-11-18(20(25,26)27,21(28,29)30)10-16(17)12-2-6-14(7-3-12)19(22,23)24/h2-9H,10-11H2,1H3. The first-order chi connectivity index (χ1) is 14.9. The molecule has 0 fully saturated rings. The number of benzene rings is 2. The Morgan fingerprint density at radius 2 is 1.03 bits per heavy atom. The maximum Gasteiger partial charge on any atom is 0.416 e. The van der Waals surface area contributed by atoms with Crippen LogP contribution in [-0.2, 0) is 16.0 Å². The van der Waals surface area contributed by atoms with Crippen LogP contribution in [0.1, 0.15) is 29.5 Å². The van der Waals surface area contributed by atoms with Crippen LogP contribution in [0.15, 0.2) is 53.4 Å². The fourth-order valence-corrected chi connectivity index (χ4v) is 4.39. The van der Waals surface area contributed by atoms with E-state index in [1.807, 2.05) is 0 Å². The van der Waals surface area contributed by atoms with Gasteiger partial charge in [0, 0.05) is 6.26 Å². The molecule has 0 saturated heterocycles. The van der Waals surface area contributed by atoms with E-state index in [9.17, 15) is 47.9 Å². The van der Waals surface area contributed by atoms with E-state index in [4.69, 9.17) is 0 Å². The van der Waals surface area contributed by atoms with Gasteiger partial charge in [0.25, 0.3) is 0 Å². The summed E-state index contributed by atoms with van der Waals surface area (Å²) in [6.07, 6.45) is -18.3. The molecular weight excluding hydrogens is 487 g/mol. The molecule has 0 heterocycles. The first-order valence-corrected chi connectivity index (χ1v) is 11.1. The predicted octanol–water partition coefficient (Wildman–Crippen LogP) is 6.92. The molecule has 1 aliphatic rings. The van der Waals surface area contributed by atoms with E-state index in [1.54, 1.807) is 0 Å². The zero-order valence-electron chi connectivity index (χ0n) is 16.7. The molecule has 0 bridgehead atoms. The van der Waals surface area contributed by atoms with Crippen molar-refractivity contribution >= 4 is 21.0 Å². The highest BCUT2D eigenvalue weighted by atomic mass is 32.2. The molecule has 3 rings (SSSR count). The van der Waals surface area contributed by atoms with Crippen LogP contribution in [0.25, 0.3) is 11.1 Å². The first-order valence-electron chi connectivity index (χ1n) is 9.20. The summed E-state index contributed by atoms with van der Waals surface area (Å²) in [4.78, 5) is -0.196. The lowest BCUT2D eigenvalue weighted by Gasteiger charge is -2.34. The number of allylic oxidation sites excluding steroid dienone is 2. The lowest BCUT2D eigenvalue weighted by atomic mass is 9.81. The third kappa shape index (κ3) is 4.62. The van der Waals surface area contributed by atoms with Crippen molar-refractivity contribution in [2.75, 3.05) is 6.26 Å². The van der Waals surface area contributed by atoms with Crippen LogP contribution < -0.4 is 0 Å². The van der Waals surface area contributed by atoms with Crippen LogP contribution in [0.5, 0.6) is 0 Å². The molecule has 2 aromatic carbocycles. The Hall–Kier alpha value is -2.50. The minimum absolute atomic E-state index is 0.0901. The second-order valence-electron chi connectivity index (χ2n) is 7.76. The van der Waals surface area contributed by atoms with Crippen LogP contribution in [0, 0.1) is 5.41 Å². The van der Waals surface area contributed by atoms with Gasteiger partial charge in [-0.3, -0.25) is 0 Å². The van der Waals surface area contributed by atoms with Crippen LogP contribution in [0.4, 0.5) is 39.5 Å². The van der Waals surface area contributed by atoms with Crippen molar-refractivity contribution in [3.8, 4) is 0 Å². The highest BCUT2D eigenvalue weighted by molar-refractivity contribution is 7.90. The second-order valence-corrected chi connectivity index (χ2v) is 9.78. The van der Waals surface area contributed by atoms with Gasteiger partial charge in [0.05, 0.1) is 10.5 Å². The lowest BCUT2D eigenvalue weighted by molar-refractivity contribution is -0.335. The highest BCUT2D eigenvalue weighted by Gasteiger charge is 2.72. The molecule has 180 valence electrons. The molecular formula is C21H15F9O2S. The summed E-state index contributed by atoms with van der Waals surface area (Å²) in [7, 11) is -3.68. The molecule has 0 amide bonds. The van der Waals surface area contributed by atoms with E-state index >= 15 is 0 Å². The smallest absolute Gasteiger partial charge is 0.224 e. The molecule has 0 N–H and O–H groups in total. The van der Waals surface area contributed by atoms with E-state index < -0.39 is 57.8 Å². The van der Waals surface area contributed by atoms with Crippen molar-refractivity contribution in [3.05, 3.63) is 65.2 Å². The van der Waals surface area contributed by atoms with Gasteiger partial charge in [0.15, 0.2) is 15.3 Å². The predicted molar refractivity (Wildman–Crippen MR) is 102 cm³/mol. The van der Waals surface area contributed by atoms with E-state index in [0.717, 1.165) is 42.7 Å². The van der Waals surface area contributed by atoms with Crippen molar-refractivity contribution in [3.63, 3.8) is 0 Å². The Morgan fingerprint density at radius 1 is 0.667 bits per heavy atom. The second kappa shape index (κ2) is 7.78. The van der Waals surface area contributed by atoms with Gasteiger partial charge in [-0.15, -0.1) is 0 Å². The normalized spacial score (nSPS) is 17.5. The van der Waals surface area contributed by atoms with Gasteiger partial charge < -0.3 is 0 Å². The van der Waals surface area contributed by atoms with E-state index in [0.29, 0.717) is 12.1 Å². The van der Waals surface area contributed by atoms with Gasteiger partial charge in [0.1, 0.15) is 0 Å². The van der Waals surface area contributed by atoms with Crippen molar-refractivity contribution < 1.29 is 47.9 Å². The molecule has 2 nitrogen and oxygen atoms in total. The topological polar surface area (TPSA) is 34.1 Å². The average Bonchev–Trinajstić information content (AvgIpc) is 3.09. The molecule has 1 aliphatic carbocycles. The van der Waals surface area contributed by atoms with Crippen molar-refractivity contribution in [2.45, 2.75) is 36.3 Å². The summed E-state index contributed by atoms with van der Waals surface area (Å²) in [5.74, 6) is 0. The van der Waals surface area contributed by atoms with E-state index in [2.05, 4.69) is 0 Å². The highest BCUT2D eigenvalue weighted by Crippen LogP contribution is 2.64. The molecule has 0 aromatic heterocycles. The summed E-state index contributed by atoms with van der Waals surface area (Å²) in [5, 5.41) is 0. The summed E-state index contributed by atoms with van der Waals surface area (Å²) < 4.78 is 144. The number of alkyl halides is 9. The molecule has 0 unspecified atom stereocenters. The SMILES string of the molecule is CS(=O)(=O)c1ccc(C2=C(c3ccc(C(F)(F)F)cc3)CC(C(F)(F)F)(C(F)(F)F)C2)cc1. The average molecular weight is 502 g/mol. The van der Waals surface area contributed by atoms with Crippen LogP contribution >= 0.6 is 0 Å². The van der Waals surface area contributed by atoms with Crippen LogP contribution in [-0.4, -0.2) is 27.0 Å². The fourth-order valence-electron chi connectivity index (χ4n) is 3.76. The number of hydrogen-bond donors (Lipinski definition) is 0. The Bertz CT molecular complexity index is 1150. The largest absolute Gasteiger partial charge is 0.416 e. The van der Waals surface area contributed by atoms with Gasteiger partial charge in [-0.05, 0) is 59.4 Å². The van der Waals surface area contributed by atoms with E-state index in [-0.39, 0.29) is 21.6 Å². The number of rotatable bonds is 3. The lowest BCUT2D eigenvalue weighted by Crippen LogP contribution is -2.48. The summed E-state index contributed by atoms with van der Waals surface area (Å²) in [6, 6.07) is 7.06. The Kier molecular flexibility index (Phi) is 5.92. The van der Waals surface area contributed by atoms with Crippen LogP contribution in [0.3, 0.4) is 0 Å². The molecule has 0 radical (unpaired) electrons. The maximum atomic E-state index is 13.8. The van der Waals surface area contributed by atoms with Crippen molar-refractivity contribution in [1.29, 1.82) is 0 Å². The number of halogens is 9. The minimum atomic E-state index is -5.70. The number of hydrogen-bond acceptors (Lipinski definition) is 2. The molecule has 0 aliphatic heterocycles. The summed E-state index contributed by atoms with van der Waals surface area (Å²) in [5.41, 5.74) is -6.34. The van der Waals surface area contributed by atoms with Crippen molar-refractivity contribution in [1.82, 2.24) is 0 Å². The molecule has 12 heteroatoms. The van der Waals surface area contributed by atoms with Gasteiger partial charge in [-0.25, -0.2) is 8.42 Å². The monoisotopic (exact) mass is 502 g/mol. The summed E-state index contributed by atoms with van der Waals surface area (Å²) >= 11 is 0. The number of sulfone groups is 1. The Morgan fingerprint density at radius 3 is 1.33 bits per heavy atom. The van der Waals surface area contributed by atoms with Gasteiger partial charge >= 0.3 is 18.5 Å². The summed E-state index contributed by atoms with van der Waals surface area (Å²) in [6.45, 7) is 0. The van der Waals surface area contributed by atoms with Gasteiger partial charge in [0.2, 0.25) is 0 Å². The molecule has 0 spiro atoms. The van der Waals surface area contributed by atoms with Crippen molar-refractivity contribution in [2.24, 2.45) is 5.41 Å². The van der Waals surface area contributed by atoms with E-state index in [1.165, 1.54) is 0 Å². The zero-order valence-corrected chi connectivity index (χ0v) is 17.5. The fraction of sp³-hybridized carbons (Fsp3) is 0.333. The minimum Gasteiger partial charge on any atom is -0.224 e. The van der Waals surface area contributed by atoms with Gasteiger partial charge in [-0.2, -0.15) is 39.5 Å². The Balaban J connectivity index is 2.20.